The first kappa shape index (κ1) is 23.5. The third-order valence-electron chi connectivity index (χ3n) is 7.23. The second kappa shape index (κ2) is 9.79. The summed E-state index contributed by atoms with van der Waals surface area (Å²) in [6, 6.07) is 13.1. The van der Waals surface area contributed by atoms with Gasteiger partial charge in [-0.3, -0.25) is 4.79 Å². The summed E-state index contributed by atoms with van der Waals surface area (Å²) in [5, 5.41) is 12.1. The first-order chi connectivity index (χ1) is 17.0. The SMILES string of the molecule is CCOc1cc(C[NH+]2CCC3(CC2)CC(=O)N(c2ccc(C(=O)O)cc2)C3)ccc1-c1nccs1. The first-order valence-electron chi connectivity index (χ1n) is 12.1. The number of hydrogen-bond acceptors (Lipinski definition) is 5. The van der Waals surface area contributed by atoms with Gasteiger partial charge in [0.2, 0.25) is 5.91 Å². The van der Waals surface area contributed by atoms with Gasteiger partial charge in [0.05, 0.1) is 30.8 Å². The number of carboxylic acids is 1. The molecule has 0 atom stereocenters. The standard InChI is InChI=1S/C27H29N3O4S/c1-2-34-23-15-19(3-8-22(23)25-28-11-14-35-25)17-29-12-9-27(10-13-29)16-24(31)30(18-27)21-6-4-20(5-7-21)26(32)33/h3-8,11,14-15H,2,9-10,12-13,16-18H2,1H3,(H,32,33)/p+1. The normalized spacial score (nSPS) is 22.0. The summed E-state index contributed by atoms with van der Waals surface area (Å²) in [7, 11) is 0. The molecule has 0 bridgehead atoms. The molecule has 2 aliphatic heterocycles. The molecule has 2 N–H and O–H groups in total. The molecule has 2 fully saturated rings. The Bertz CT molecular complexity index is 1200. The lowest BCUT2D eigenvalue weighted by Crippen LogP contribution is -3.12. The van der Waals surface area contributed by atoms with Crippen molar-refractivity contribution >= 4 is 28.9 Å². The van der Waals surface area contributed by atoms with Gasteiger partial charge in [0.15, 0.2) is 0 Å². The van der Waals surface area contributed by atoms with Crippen LogP contribution in [0.2, 0.25) is 0 Å². The van der Waals surface area contributed by atoms with E-state index >= 15 is 0 Å². The number of rotatable bonds is 7. The van der Waals surface area contributed by atoms with Crippen molar-refractivity contribution in [2.75, 3.05) is 31.1 Å². The first-order valence-corrected chi connectivity index (χ1v) is 13.0. The van der Waals surface area contributed by atoms with Crippen molar-refractivity contribution < 1.29 is 24.3 Å². The van der Waals surface area contributed by atoms with Crippen molar-refractivity contribution in [1.82, 2.24) is 4.98 Å². The Morgan fingerprint density at radius 1 is 1.20 bits per heavy atom. The number of quaternary nitrogens is 1. The fourth-order valence-corrected chi connectivity index (χ4v) is 6.00. The largest absolute Gasteiger partial charge is 0.493 e. The summed E-state index contributed by atoms with van der Waals surface area (Å²) in [4.78, 5) is 31.8. The molecule has 2 aromatic carbocycles. The zero-order chi connectivity index (χ0) is 24.4. The number of aromatic carboxylic acids is 1. The fourth-order valence-electron chi connectivity index (χ4n) is 5.33. The van der Waals surface area contributed by atoms with E-state index in [1.165, 1.54) is 10.5 Å². The Morgan fingerprint density at radius 2 is 1.97 bits per heavy atom. The monoisotopic (exact) mass is 492 g/mol. The maximum atomic E-state index is 12.9. The molecule has 0 unspecified atom stereocenters. The van der Waals surface area contributed by atoms with Gasteiger partial charge in [-0.15, -0.1) is 11.3 Å². The van der Waals surface area contributed by atoms with Gasteiger partial charge in [0.25, 0.3) is 0 Å². The molecule has 0 saturated carbocycles. The number of carbonyl (C=O) groups excluding carboxylic acids is 1. The average Bonchev–Trinajstić information content (AvgIpc) is 3.50. The van der Waals surface area contributed by atoms with E-state index < -0.39 is 5.97 Å². The molecule has 8 heteroatoms. The predicted octanol–water partition coefficient (Wildman–Crippen LogP) is 3.51. The molecule has 1 spiro atoms. The molecule has 0 radical (unpaired) electrons. The molecule has 2 aliphatic rings. The van der Waals surface area contributed by atoms with Crippen LogP contribution in [0.25, 0.3) is 10.6 Å². The molecule has 5 rings (SSSR count). The molecular weight excluding hydrogens is 462 g/mol. The maximum absolute atomic E-state index is 12.9. The molecule has 35 heavy (non-hydrogen) atoms. The van der Waals surface area contributed by atoms with Crippen LogP contribution >= 0.6 is 11.3 Å². The summed E-state index contributed by atoms with van der Waals surface area (Å²) in [5.74, 6) is 0.0664. The molecule has 1 amide bonds. The number of likely N-dealkylation sites (tertiary alicyclic amines) is 1. The Kier molecular flexibility index (Phi) is 6.58. The average molecular weight is 493 g/mol. The number of nitrogens with one attached hydrogen (secondary N) is 1. The van der Waals surface area contributed by atoms with Gasteiger partial charge in [-0.05, 0) is 43.3 Å². The van der Waals surface area contributed by atoms with E-state index in [2.05, 4.69) is 23.2 Å². The number of benzene rings is 2. The Labute approximate surface area is 209 Å². The molecular formula is C27H30N3O4S+. The second-order valence-electron chi connectivity index (χ2n) is 9.54. The van der Waals surface area contributed by atoms with Gasteiger partial charge in [-0.1, -0.05) is 6.07 Å². The number of carbonyl (C=O) groups is 2. The van der Waals surface area contributed by atoms with Crippen molar-refractivity contribution in [3.05, 3.63) is 65.2 Å². The van der Waals surface area contributed by atoms with Gasteiger partial charge >= 0.3 is 5.97 Å². The van der Waals surface area contributed by atoms with E-state index in [1.807, 2.05) is 23.4 Å². The summed E-state index contributed by atoms with van der Waals surface area (Å²) < 4.78 is 5.93. The van der Waals surface area contributed by atoms with Crippen LogP contribution in [-0.4, -0.2) is 48.2 Å². The highest BCUT2D eigenvalue weighted by Gasteiger charge is 2.46. The number of amides is 1. The smallest absolute Gasteiger partial charge is 0.335 e. The number of ether oxygens (including phenoxy) is 1. The number of thiazole rings is 1. The number of carboxylic acid groups (broad SMARTS) is 1. The molecule has 7 nitrogen and oxygen atoms in total. The number of piperidine rings is 1. The Balaban J connectivity index is 1.22. The number of hydrogen-bond donors (Lipinski definition) is 2. The van der Waals surface area contributed by atoms with Crippen molar-refractivity contribution in [3.8, 4) is 16.3 Å². The highest BCUT2D eigenvalue weighted by molar-refractivity contribution is 7.13. The topological polar surface area (TPSA) is 84.2 Å². The van der Waals surface area contributed by atoms with Crippen LogP contribution in [0.1, 0.15) is 42.1 Å². The number of anilines is 1. The summed E-state index contributed by atoms with van der Waals surface area (Å²) in [5.41, 5.74) is 3.33. The van der Waals surface area contributed by atoms with Crippen molar-refractivity contribution in [2.45, 2.75) is 32.7 Å². The Hall–Kier alpha value is -3.23. The van der Waals surface area contributed by atoms with Crippen LogP contribution in [0.15, 0.2) is 54.0 Å². The van der Waals surface area contributed by atoms with Crippen LogP contribution in [0.3, 0.4) is 0 Å². The lowest BCUT2D eigenvalue weighted by molar-refractivity contribution is -0.921. The zero-order valence-corrected chi connectivity index (χ0v) is 20.6. The molecule has 1 aromatic heterocycles. The zero-order valence-electron chi connectivity index (χ0n) is 19.8. The summed E-state index contributed by atoms with van der Waals surface area (Å²) >= 11 is 1.61. The van der Waals surface area contributed by atoms with Gasteiger partial charge in [0, 0.05) is 54.0 Å². The van der Waals surface area contributed by atoms with Crippen molar-refractivity contribution in [1.29, 1.82) is 0 Å². The van der Waals surface area contributed by atoms with E-state index in [0.29, 0.717) is 19.6 Å². The number of aromatic nitrogens is 1. The molecule has 182 valence electrons. The Morgan fingerprint density at radius 3 is 2.63 bits per heavy atom. The van der Waals surface area contributed by atoms with Crippen LogP contribution in [0.5, 0.6) is 5.75 Å². The molecule has 0 aliphatic carbocycles. The highest BCUT2D eigenvalue weighted by atomic mass is 32.1. The minimum Gasteiger partial charge on any atom is -0.493 e. The van der Waals surface area contributed by atoms with Gasteiger partial charge in [0.1, 0.15) is 17.3 Å². The van der Waals surface area contributed by atoms with E-state index in [4.69, 9.17) is 9.84 Å². The lowest BCUT2D eigenvalue weighted by atomic mass is 9.77. The summed E-state index contributed by atoms with van der Waals surface area (Å²) in [6.07, 6.45) is 4.40. The van der Waals surface area contributed by atoms with E-state index in [9.17, 15) is 9.59 Å². The fraction of sp³-hybridized carbons (Fsp3) is 0.370. The van der Waals surface area contributed by atoms with Crippen LogP contribution in [-0.2, 0) is 11.3 Å². The van der Waals surface area contributed by atoms with Gasteiger partial charge < -0.3 is 19.6 Å². The van der Waals surface area contributed by atoms with Gasteiger partial charge in [-0.2, -0.15) is 0 Å². The molecule has 3 aromatic rings. The van der Waals surface area contributed by atoms with Gasteiger partial charge in [-0.25, -0.2) is 9.78 Å². The van der Waals surface area contributed by atoms with E-state index in [0.717, 1.165) is 54.5 Å². The summed E-state index contributed by atoms with van der Waals surface area (Å²) in [6.45, 7) is 6.31. The van der Waals surface area contributed by atoms with Crippen molar-refractivity contribution in [2.24, 2.45) is 5.41 Å². The van der Waals surface area contributed by atoms with Crippen LogP contribution in [0.4, 0.5) is 5.69 Å². The quantitative estimate of drug-likeness (QED) is 0.527. The lowest BCUT2D eigenvalue weighted by Gasteiger charge is -2.36. The maximum Gasteiger partial charge on any atom is 0.335 e. The van der Waals surface area contributed by atoms with Crippen molar-refractivity contribution in [3.63, 3.8) is 0 Å². The highest BCUT2D eigenvalue weighted by Crippen LogP contribution is 2.40. The third kappa shape index (κ3) is 4.94. The minimum absolute atomic E-state index is 0.0111. The van der Waals surface area contributed by atoms with E-state index in [-0.39, 0.29) is 16.9 Å². The van der Waals surface area contributed by atoms with Crippen LogP contribution in [0, 0.1) is 5.41 Å². The predicted molar refractivity (Wildman–Crippen MR) is 135 cm³/mol. The van der Waals surface area contributed by atoms with Crippen LogP contribution < -0.4 is 14.5 Å². The molecule has 3 heterocycles. The molecule has 2 saturated heterocycles. The number of nitrogens with zero attached hydrogens (tertiary/aromatic N) is 2. The third-order valence-corrected chi connectivity index (χ3v) is 8.03. The minimum atomic E-state index is -0.956. The second-order valence-corrected chi connectivity index (χ2v) is 10.4. The van der Waals surface area contributed by atoms with E-state index in [1.54, 1.807) is 35.6 Å².